The molecule has 0 spiro atoms. The number of rotatable bonds is 5. The molecule has 1 aromatic rings. The Morgan fingerprint density at radius 3 is 2.63 bits per heavy atom. The number of nitrogen functional groups attached to an aromatic ring is 1. The Morgan fingerprint density at radius 2 is 2.11 bits per heavy atom. The second-order valence-corrected chi connectivity index (χ2v) is 3.91. The Morgan fingerprint density at radius 1 is 1.42 bits per heavy atom. The lowest BCUT2D eigenvalue weighted by Crippen LogP contribution is -2.39. The molecule has 0 aliphatic rings. The first-order valence-electron chi connectivity index (χ1n) is 5.97. The minimum absolute atomic E-state index is 0.00246. The average molecular weight is 265 g/mol. The summed E-state index contributed by atoms with van der Waals surface area (Å²) in [5.41, 5.74) is 6.50. The first kappa shape index (κ1) is 14.8. The molecule has 0 atom stereocenters. The van der Waals surface area contributed by atoms with Crippen molar-refractivity contribution in [2.24, 2.45) is 0 Å². The van der Waals surface area contributed by atoms with E-state index in [1.165, 1.54) is 19.1 Å². The van der Waals surface area contributed by atoms with Gasteiger partial charge >= 0.3 is 0 Å². The normalized spacial score (nSPS) is 9.84. The zero-order chi connectivity index (χ0) is 14.4. The fourth-order valence-electron chi connectivity index (χ4n) is 1.66. The standard InChI is InChI=1S/C13H19N3O3/c1-4-16(8-11(17)15-2)13(18)9-6-5-7-10(19-3)12(9)14/h5-7H,4,8,14H2,1-3H3,(H,15,17). The van der Waals surface area contributed by atoms with E-state index < -0.39 is 0 Å². The molecule has 0 heterocycles. The van der Waals surface area contributed by atoms with Gasteiger partial charge in [0.15, 0.2) is 0 Å². The van der Waals surface area contributed by atoms with Crippen LogP contribution in [0, 0.1) is 0 Å². The van der Waals surface area contributed by atoms with E-state index in [0.29, 0.717) is 17.9 Å². The number of para-hydroxylation sites is 1. The molecule has 0 saturated carbocycles. The van der Waals surface area contributed by atoms with E-state index in [1.807, 2.05) is 0 Å². The van der Waals surface area contributed by atoms with Gasteiger partial charge in [0.05, 0.1) is 24.9 Å². The number of carbonyl (C=O) groups is 2. The van der Waals surface area contributed by atoms with Crippen LogP contribution in [0.15, 0.2) is 18.2 Å². The van der Waals surface area contributed by atoms with Gasteiger partial charge in [-0.3, -0.25) is 9.59 Å². The molecular formula is C13H19N3O3. The van der Waals surface area contributed by atoms with Gasteiger partial charge in [0.1, 0.15) is 5.75 Å². The molecule has 104 valence electrons. The van der Waals surface area contributed by atoms with Crippen molar-refractivity contribution in [2.45, 2.75) is 6.92 Å². The van der Waals surface area contributed by atoms with Crippen molar-refractivity contribution in [3.63, 3.8) is 0 Å². The number of nitrogens with two attached hydrogens (primary N) is 1. The fraction of sp³-hybridized carbons (Fsp3) is 0.385. The SMILES string of the molecule is CCN(CC(=O)NC)C(=O)c1cccc(OC)c1N. The van der Waals surface area contributed by atoms with Gasteiger partial charge in [-0.2, -0.15) is 0 Å². The molecule has 0 radical (unpaired) electrons. The number of anilines is 1. The predicted molar refractivity (Wildman–Crippen MR) is 73.1 cm³/mol. The fourth-order valence-corrected chi connectivity index (χ4v) is 1.66. The lowest BCUT2D eigenvalue weighted by atomic mass is 10.1. The highest BCUT2D eigenvalue weighted by Gasteiger charge is 2.20. The van der Waals surface area contributed by atoms with E-state index >= 15 is 0 Å². The first-order chi connectivity index (χ1) is 9.04. The van der Waals surface area contributed by atoms with Crippen LogP contribution in [0.1, 0.15) is 17.3 Å². The maximum absolute atomic E-state index is 12.3. The van der Waals surface area contributed by atoms with Crippen molar-refractivity contribution in [1.82, 2.24) is 10.2 Å². The molecule has 3 N–H and O–H groups in total. The van der Waals surface area contributed by atoms with Crippen molar-refractivity contribution < 1.29 is 14.3 Å². The number of hydrogen-bond donors (Lipinski definition) is 2. The Kier molecular flexibility index (Phi) is 5.17. The highest BCUT2D eigenvalue weighted by Crippen LogP contribution is 2.25. The van der Waals surface area contributed by atoms with Crippen LogP contribution in [0.5, 0.6) is 5.75 Å². The van der Waals surface area contributed by atoms with Gasteiger partial charge in [-0.1, -0.05) is 6.07 Å². The van der Waals surface area contributed by atoms with Crippen molar-refractivity contribution in [3.05, 3.63) is 23.8 Å². The highest BCUT2D eigenvalue weighted by molar-refractivity contribution is 6.01. The number of benzene rings is 1. The quantitative estimate of drug-likeness (QED) is 0.759. The van der Waals surface area contributed by atoms with Crippen LogP contribution < -0.4 is 15.8 Å². The average Bonchev–Trinajstić information content (AvgIpc) is 2.44. The summed E-state index contributed by atoms with van der Waals surface area (Å²) in [6, 6.07) is 4.99. The minimum atomic E-state index is -0.289. The van der Waals surface area contributed by atoms with Crippen molar-refractivity contribution >= 4 is 17.5 Å². The number of amides is 2. The van der Waals surface area contributed by atoms with Crippen LogP contribution in [0.4, 0.5) is 5.69 Å². The van der Waals surface area contributed by atoms with Crippen LogP contribution in [0.25, 0.3) is 0 Å². The summed E-state index contributed by atoms with van der Waals surface area (Å²) in [7, 11) is 3.02. The smallest absolute Gasteiger partial charge is 0.256 e. The second kappa shape index (κ2) is 6.63. The minimum Gasteiger partial charge on any atom is -0.495 e. The van der Waals surface area contributed by atoms with E-state index in [4.69, 9.17) is 10.5 Å². The Labute approximate surface area is 112 Å². The van der Waals surface area contributed by atoms with E-state index in [9.17, 15) is 9.59 Å². The summed E-state index contributed by atoms with van der Waals surface area (Å²) >= 11 is 0. The molecule has 0 aliphatic carbocycles. The molecule has 1 rings (SSSR count). The lowest BCUT2D eigenvalue weighted by molar-refractivity contribution is -0.121. The van der Waals surface area contributed by atoms with Crippen LogP contribution in [0.2, 0.25) is 0 Å². The Balaban J connectivity index is 3.01. The summed E-state index contributed by atoms with van der Waals surface area (Å²) in [6.45, 7) is 2.22. The van der Waals surface area contributed by atoms with Gasteiger partial charge in [0.2, 0.25) is 5.91 Å². The third-order valence-corrected chi connectivity index (χ3v) is 2.80. The van der Waals surface area contributed by atoms with Crippen molar-refractivity contribution in [1.29, 1.82) is 0 Å². The highest BCUT2D eigenvalue weighted by atomic mass is 16.5. The van der Waals surface area contributed by atoms with Gasteiger partial charge < -0.3 is 20.7 Å². The van der Waals surface area contributed by atoms with E-state index in [0.717, 1.165) is 0 Å². The number of methoxy groups -OCH3 is 1. The summed E-state index contributed by atoms with van der Waals surface area (Å²) in [5, 5.41) is 2.48. The first-order valence-corrected chi connectivity index (χ1v) is 5.97. The zero-order valence-corrected chi connectivity index (χ0v) is 11.4. The molecule has 0 aromatic heterocycles. The predicted octanol–water partition coefficient (Wildman–Crippen LogP) is 0.485. The van der Waals surface area contributed by atoms with Crippen molar-refractivity contribution in [3.8, 4) is 5.75 Å². The number of hydrogen-bond acceptors (Lipinski definition) is 4. The van der Waals surface area contributed by atoms with Gasteiger partial charge in [-0.25, -0.2) is 0 Å². The molecule has 6 heteroatoms. The van der Waals surface area contributed by atoms with E-state index in [-0.39, 0.29) is 24.0 Å². The third-order valence-electron chi connectivity index (χ3n) is 2.80. The van der Waals surface area contributed by atoms with Gasteiger partial charge in [0, 0.05) is 13.6 Å². The molecule has 2 amide bonds. The van der Waals surface area contributed by atoms with E-state index in [2.05, 4.69) is 5.32 Å². The molecule has 19 heavy (non-hydrogen) atoms. The molecular weight excluding hydrogens is 246 g/mol. The topological polar surface area (TPSA) is 84.7 Å². The van der Waals surface area contributed by atoms with Crippen LogP contribution in [0.3, 0.4) is 0 Å². The van der Waals surface area contributed by atoms with Crippen molar-refractivity contribution in [2.75, 3.05) is 33.0 Å². The number of nitrogens with one attached hydrogen (secondary N) is 1. The summed E-state index contributed by atoms with van der Waals surface area (Å²) in [5.74, 6) is -0.0685. The summed E-state index contributed by atoms with van der Waals surface area (Å²) in [6.07, 6.45) is 0. The Hall–Kier alpha value is -2.24. The van der Waals surface area contributed by atoms with Gasteiger partial charge in [-0.05, 0) is 19.1 Å². The number of carbonyl (C=O) groups excluding carboxylic acids is 2. The molecule has 6 nitrogen and oxygen atoms in total. The number of nitrogens with zero attached hydrogens (tertiary/aromatic N) is 1. The summed E-state index contributed by atoms with van der Waals surface area (Å²) in [4.78, 5) is 25.1. The van der Waals surface area contributed by atoms with Crippen LogP contribution in [-0.4, -0.2) is 44.0 Å². The van der Waals surface area contributed by atoms with Crippen LogP contribution in [-0.2, 0) is 4.79 Å². The number of likely N-dealkylation sites (N-methyl/N-ethyl adjacent to an activating group) is 2. The Bertz CT molecular complexity index is 474. The second-order valence-electron chi connectivity index (χ2n) is 3.91. The molecule has 0 bridgehead atoms. The molecule has 0 unspecified atom stereocenters. The number of ether oxygens (including phenoxy) is 1. The zero-order valence-electron chi connectivity index (χ0n) is 11.4. The lowest BCUT2D eigenvalue weighted by Gasteiger charge is -2.21. The van der Waals surface area contributed by atoms with Gasteiger partial charge in [-0.15, -0.1) is 0 Å². The molecule has 0 saturated heterocycles. The maximum atomic E-state index is 12.3. The maximum Gasteiger partial charge on any atom is 0.256 e. The molecule has 0 fully saturated rings. The largest absolute Gasteiger partial charge is 0.495 e. The monoisotopic (exact) mass is 265 g/mol. The van der Waals surface area contributed by atoms with Gasteiger partial charge in [0.25, 0.3) is 5.91 Å². The third kappa shape index (κ3) is 3.37. The molecule has 1 aromatic carbocycles. The van der Waals surface area contributed by atoms with E-state index in [1.54, 1.807) is 25.1 Å². The summed E-state index contributed by atoms with van der Waals surface area (Å²) < 4.78 is 5.08. The molecule has 0 aliphatic heterocycles. The van der Waals surface area contributed by atoms with Crippen LogP contribution >= 0.6 is 0 Å².